The van der Waals surface area contributed by atoms with Crippen LogP contribution in [0.1, 0.15) is 11.1 Å². The minimum Gasteiger partial charge on any atom is -0.493 e. The van der Waals surface area contributed by atoms with E-state index in [1.165, 1.54) is 0 Å². The molecule has 0 atom stereocenters. The SMILES string of the molecule is COc1cccc(OCCNC(=O)Nc2cc(C)ccc2C)c1OC. The number of rotatable bonds is 7. The second-order valence-corrected chi connectivity index (χ2v) is 5.54. The Hall–Kier alpha value is -2.89. The van der Waals surface area contributed by atoms with Crippen LogP contribution in [0.2, 0.25) is 0 Å². The molecular weight excluding hydrogens is 320 g/mol. The first-order valence-electron chi connectivity index (χ1n) is 8.01. The van der Waals surface area contributed by atoms with E-state index in [0.717, 1.165) is 16.8 Å². The normalized spacial score (nSPS) is 10.1. The molecular formula is C19H24N2O4. The first kappa shape index (κ1) is 18.4. The summed E-state index contributed by atoms with van der Waals surface area (Å²) in [6.45, 7) is 4.60. The van der Waals surface area contributed by atoms with E-state index < -0.39 is 0 Å². The number of nitrogens with one attached hydrogen (secondary N) is 2. The number of para-hydroxylation sites is 1. The first-order chi connectivity index (χ1) is 12.0. The molecule has 2 aromatic rings. The largest absolute Gasteiger partial charge is 0.493 e. The maximum atomic E-state index is 12.0. The molecule has 2 rings (SSSR count). The van der Waals surface area contributed by atoms with E-state index in [2.05, 4.69) is 10.6 Å². The fourth-order valence-corrected chi connectivity index (χ4v) is 2.33. The Morgan fingerprint density at radius 2 is 1.80 bits per heavy atom. The van der Waals surface area contributed by atoms with Crippen molar-refractivity contribution < 1.29 is 19.0 Å². The zero-order valence-electron chi connectivity index (χ0n) is 15.0. The van der Waals surface area contributed by atoms with Gasteiger partial charge in [0, 0.05) is 5.69 Å². The van der Waals surface area contributed by atoms with Gasteiger partial charge in [0.1, 0.15) is 6.61 Å². The van der Waals surface area contributed by atoms with Crippen LogP contribution in [-0.4, -0.2) is 33.4 Å². The number of amides is 2. The molecule has 2 amide bonds. The molecule has 6 heteroatoms. The van der Waals surface area contributed by atoms with Gasteiger partial charge in [0.05, 0.1) is 20.8 Å². The number of ether oxygens (including phenoxy) is 3. The summed E-state index contributed by atoms with van der Waals surface area (Å²) in [6.07, 6.45) is 0. The Labute approximate surface area is 148 Å². The molecule has 134 valence electrons. The summed E-state index contributed by atoms with van der Waals surface area (Å²) >= 11 is 0. The van der Waals surface area contributed by atoms with Crippen molar-refractivity contribution in [3.63, 3.8) is 0 Å². The van der Waals surface area contributed by atoms with Gasteiger partial charge in [-0.05, 0) is 43.2 Å². The topological polar surface area (TPSA) is 68.8 Å². The molecule has 0 fully saturated rings. The van der Waals surface area contributed by atoms with Crippen molar-refractivity contribution >= 4 is 11.7 Å². The van der Waals surface area contributed by atoms with Crippen molar-refractivity contribution in [1.29, 1.82) is 0 Å². The predicted octanol–water partition coefficient (Wildman–Crippen LogP) is 3.52. The first-order valence-corrected chi connectivity index (χ1v) is 8.01. The van der Waals surface area contributed by atoms with Crippen LogP contribution < -0.4 is 24.8 Å². The maximum Gasteiger partial charge on any atom is 0.319 e. The summed E-state index contributed by atoms with van der Waals surface area (Å²) in [7, 11) is 3.13. The highest BCUT2D eigenvalue weighted by Gasteiger charge is 2.10. The van der Waals surface area contributed by atoms with Gasteiger partial charge in [0.15, 0.2) is 11.5 Å². The van der Waals surface area contributed by atoms with E-state index in [4.69, 9.17) is 14.2 Å². The van der Waals surface area contributed by atoms with Crippen molar-refractivity contribution in [2.75, 3.05) is 32.7 Å². The van der Waals surface area contributed by atoms with Crippen molar-refractivity contribution in [3.05, 3.63) is 47.5 Å². The zero-order chi connectivity index (χ0) is 18.2. The minimum absolute atomic E-state index is 0.269. The van der Waals surface area contributed by atoms with E-state index in [1.54, 1.807) is 26.4 Å². The molecule has 2 aromatic carbocycles. The van der Waals surface area contributed by atoms with Gasteiger partial charge in [-0.25, -0.2) is 4.79 Å². The Kier molecular flexibility index (Phi) is 6.51. The van der Waals surface area contributed by atoms with Crippen LogP contribution in [0.5, 0.6) is 17.2 Å². The van der Waals surface area contributed by atoms with Gasteiger partial charge >= 0.3 is 6.03 Å². The highest BCUT2D eigenvalue weighted by molar-refractivity contribution is 5.90. The summed E-state index contributed by atoms with van der Waals surface area (Å²) in [5.41, 5.74) is 2.90. The van der Waals surface area contributed by atoms with Crippen LogP contribution in [0.15, 0.2) is 36.4 Å². The number of hydrogen-bond acceptors (Lipinski definition) is 4. The molecule has 0 aliphatic heterocycles. The molecule has 0 saturated carbocycles. The maximum absolute atomic E-state index is 12.0. The lowest BCUT2D eigenvalue weighted by Crippen LogP contribution is -2.32. The number of benzene rings is 2. The molecule has 0 aromatic heterocycles. The number of aryl methyl sites for hydroxylation is 2. The average Bonchev–Trinajstić information content (AvgIpc) is 2.61. The molecule has 0 bridgehead atoms. The van der Waals surface area contributed by atoms with Gasteiger partial charge in [0.2, 0.25) is 5.75 Å². The highest BCUT2D eigenvalue weighted by atomic mass is 16.5. The van der Waals surface area contributed by atoms with Crippen LogP contribution in [0, 0.1) is 13.8 Å². The molecule has 0 spiro atoms. The third-order valence-corrected chi connectivity index (χ3v) is 3.65. The third kappa shape index (κ3) is 5.04. The number of anilines is 1. The fraction of sp³-hybridized carbons (Fsp3) is 0.316. The molecule has 6 nitrogen and oxygen atoms in total. The molecule has 0 saturated heterocycles. The van der Waals surface area contributed by atoms with Crippen molar-refractivity contribution in [1.82, 2.24) is 5.32 Å². The second kappa shape index (κ2) is 8.82. The van der Waals surface area contributed by atoms with Crippen LogP contribution in [0.4, 0.5) is 10.5 Å². The van der Waals surface area contributed by atoms with Gasteiger partial charge in [-0.3, -0.25) is 0 Å². The quantitative estimate of drug-likeness (QED) is 0.754. The molecule has 0 radical (unpaired) electrons. The molecule has 2 N–H and O–H groups in total. The van der Waals surface area contributed by atoms with Crippen molar-refractivity contribution in [2.45, 2.75) is 13.8 Å². The number of methoxy groups -OCH3 is 2. The van der Waals surface area contributed by atoms with Gasteiger partial charge in [-0.15, -0.1) is 0 Å². The Morgan fingerprint density at radius 1 is 1.04 bits per heavy atom. The molecule has 0 aliphatic rings. The van der Waals surface area contributed by atoms with Gasteiger partial charge in [0.25, 0.3) is 0 Å². The van der Waals surface area contributed by atoms with Gasteiger partial charge < -0.3 is 24.8 Å². The second-order valence-electron chi connectivity index (χ2n) is 5.54. The smallest absolute Gasteiger partial charge is 0.319 e. The lowest BCUT2D eigenvalue weighted by atomic mass is 10.1. The summed E-state index contributed by atoms with van der Waals surface area (Å²) in [5, 5.41) is 5.61. The van der Waals surface area contributed by atoms with E-state index in [1.807, 2.05) is 38.1 Å². The zero-order valence-corrected chi connectivity index (χ0v) is 15.0. The lowest BCUT2D eigenvalue weighted by molar-refractivity contribution is 0.245. The minimum atomic E-state index is -0.269. The highest BCUT2D eigenvalue weighted by Crippen LogP contribution is 2.36. The number of hydrogen-bond donors (Lipinski definition) is 2. The Balaban J connectivity index is 1.83. The van der Waals surface area contributed by atoms with Crippen molar-refractivity contribution in [3.8, 4) is 17.2 Å². The number of carbonyl (C=O) groups is 1. The van der Waals surface area contributed by atoms with Gasteiger partial charge in [-0.1, -0.05) is 18.2 Å². The monoisotopic (exact) mass is 344 g/mol. The van der Waals surface area contributed by atoms with Crippen LogP contribution in [-0.2, 0) is 0 Å². The van der Waals surface area contributed by atoms with E-state index in [9.17, 15) is 4.79 Å². The molecule has 0 heterocycles. The van der Waals surface area contributed by atoms with E-state index >= 15 is 0 Å². The summed E-state index contributed by atoms with van der Waals surface area (Å²) in [5.74, 6) is 1.70. The molecule has 25 heavy (non-hydrogen) atoms. The Bertz CT molecular complexity index is 731. The van der Waals surface area contributed by atoms with Crippen LogP contribution >= 0.6 is 0 Å². The van der Waals surface area contributed by atoms with Crippen molar-refractivity contribution in [2.24, 2.45) is 0 Å². The van der Waals surface area contributed by atoms with Crippen LogP contribution in [0.25, 0.3) is 0 Å². The fourth-order valence-electron chi connectivity index (χ4n) is 2.33. The van der Waals surface area contributed by atoms with E-state index in [-0.39, 0.29) is 6.03 Å². The van der Waals surface area contributed by atoms with Crippen LogP contribution in [0.3, 0.4) is 0 Å². The summed E-state index contributed by atoms with van der Waals surface area (Å²) < 4.78 is 16.2. The molecule has 0 unspecified atom stereocenters. The number of carbonyl (C=O) groups excluding carboxylic acids is 1. The summed E-state index contributed by atoms with van der Waals surface area (Å²) in [6, 6.07) is 11.1. The summed E-state index contributed by atoms with van der Waals surface area (Å²) in [4.78, 5) is 12.0. The average molecular weight is 344 g/mol. The molecule has 0 aliphatic carbocycles. The van der Waals surface area contributed by atoms with Gasteiger partial charge in [-0.2, -0.15) is 0 Å². The Morgan fingerprint density at radius 3 is 2.52 bits per heavy atom. The number of urea groups is 1. The third-order valence-electron chi connectivity index (χ3n) is 3.65. The van der Waals surface area contributed by atoms with E-state index in [0.29, 0.717) is 30.4 Å². The predicted molar refractivity (Wildman–Crippen MR) is 98.0 cm³/mol. The lowest BCUT2D eigenvalue weighted by Gasteiger charge is -2.14. The standard InChI is InChI=1S/C19H24N2O4/c1-13-8-9-14(2)15(12-13)21-19(22)20-10-11-25-17-7-5-6-16(23-3)18(17)24-4/h5-9,12H,10-11H2,1-4H3,(H2,20,21,22).